The van der Waals surface area contributed by atoms with E-state index in [0.717, 1.165) is 17.5 Å². The van der Waals surface area contributed by atoms with E-state index in [9.17, 15) is 4.79 Å². The molecule has 0 atom stereocenters. The molecule has 0 fully saturated rings. The summed E-state index contributed by atoms with van der Waals surface area (Å²) in [7, 11) is 0. The maximum Gasteiger partial charge on any atom is 0.255 e. The van der Waals surface area contributed by atoms with Crippen molar-refractivity contribution in [2.45, 2.75) is 20.3 Å². The number of amides is 1. The van der Waals surface area contributed by atoms with Crippen LogP contribution < -0.4 is 5.32 Å². The van der Waals surface area contributed by atoms with Gasteiger partial charge in [-0.05, 0) is 60.9 Å². The van der Waals surface area contributed by atoms with Gasteiger partial charge in [0.1, 0.15) is 5.52 Å². The Labute approximate surface area is 178 Å². The molecule has 0 aliphatic heterocycles. The molecule has 4 nitrogen and oxygen atoms in total. The van der Waals surface area contributed by atoms with Gasteiger partial charge in [0.25, 0.3) is 5.91 Å². The van der Waals surface area contributed by atoms with E-state index >= 15 is 0 Å². The van der Waals surface area contributed by atoms with Crippen molar-refractivity contribution < 1.29 is 9.21 Å². The highest BCUT2D eigenvalue weighted by Gasteiger charge is 2.14. The molecular weight excluding hydrogens is 407 g/mol. The average molecular weight is 425 g/mol. The Kier molecular flexibility index (Phi) is 5.31. The average Bonchev–Trinajstić information content (AvgIpc) is 3.14. The molecular formula is C23H18Cl2N2O2. The number of anilines is 1. The molecule has 6 heteroatoms. The minimum Gasteiger partial charge on any atom is -0.435 e. The largest absolute Gasteiger partial charge is 0.435 e. The molecule has 3 aromatic carbocycles. The van der Waals surface area contributed by atoms with Crippen LogP contribution in [0, 0.1) is 6.92 Å². The number of aryl methyl sites for hydroxylation is 2. The van der Waals surface area contributed by atoms with Crippen molar-refractivity contribution in [2.75, 3.05) is 5.32 Å². The second-order valence-electron chi connectivity index (χ2n) is 6.79. The van der Waals surface area contributed by atoms with Gasteiger partial charge in [-0.15, -0.1) is 0 Å². The first-order valence-electron chi connectivity index (χ1n) is 9.21. The molecule has 4 rings (SSSR count). The van der Waals surface area contributed by atoms with Gasteiger partial charge in [0.2, 0.25) is 5.89 Å². The molecule has 146 valence electrons. The van der Waals surface area contributed by atoms with Crippen LogP contribution in [0.5, 0.6) is 0 Å². The maximum absolute atomic E-state index is 12.7. The zero-order chi connectivity index (χ0) is 20.5. The number of hydrogen-bond acceptors (Lipinski definition) is 3. The predicted octanol–water partition coefficient (Wildman–Crippen LogP) is 6.92. The smallest absolute Gasteiger partial charge is 0.255 e. The fraction of sp³-hybridized carbons (Fsp3) is 0.130. The standard InChI is InChI=1S/C23H18Cl2N2O2/c1-3-14-5-8-15(9-6-14)22(28)26-19-10-16(7-4-13(19)2)23-27-20-12-17(24)11-18(25)21(20)29-23/h4-12H,3H2,1-2H3,(H,26,28). The number of rotatable bonds is 4. The number of nitrogens with one attached hydrogen (secondary N) is 1. The lowest BCUT2D eigenvalue weighted by Gasteiger charge is -2.10. The van der Waals surface area contributed by atoms with E-state index in [-0.39, 0.29) is 5.91 Å². The van der Waals surface area contributed by atoms with Crippen LogP contribution in [0.4, 0.5) is 5.69 Å². The van der Waals surface area contributed by atoms with Gasteiger partial charge in [0.05, 0.1) is 5.02 Å². The van der Waals surface area contributed by atoms with Crippen LogP contribution in [0.1, 0.15) is 28.4 Å². The number of nitrogens with zero attached hydrogens (tertiary/aromatic N) is 1. The van der Waals surface area contributed by atoms with E-state index in [1.165, 1.54) is 5.56 Å². The summed E-state index contributed by atoms with van der Waals surface area (Å²) in [6.07, 6.45) is 0.933. The normalized spacial score (nSPS) is 11.0. The first-order chi connectivity index (χ1) is 13.9. The lowest BCUT2D eigenvalue weighted by Crippen LogP contribution is -2.12. The highest BCUT2D eigenvalue weighted by Crippen LogP contribution is 2.33. The van der Waals surface area contributed by atoms with Gasteiger partial charge in [0.15, 0.2) is 5.58 Å². The van der Waals surface area contributed by atoms with Crippen molar-refractivity contribution in [3.05, 3.63) is 81.3 Å². The summed E-state index contributed by atoms with van der Waals surface area (Å²) < 4.78 is 5.84. The van der Waals surface area contributed by atoms with E-state index in [0.29, 0.717) is 38.3 Å². The molecule has 1 N–H and O–H groups in total. The summed E-state index contributed by atoms with van der Waals surface area (Å²) in [5.41, 5.74) is 5.22. The molecule has 0 spiro atoms. The summed E-state index contributed by atoms with van der Waals surface area (Å²) in [6.45, 7) is 4.01. The van der Waals surface area contributed by atoms with Crippen LogP contribution in [0.2, 0.25) is 10.0 Å². The molecule has 4 aromatic rings. The van der Waals surface area contributed by atoms with Gasteiger partial charge < -0.3 is 9.73 Å². The lowest BCUT2D eigenvalue weighted by molar-refractivity contribution is 0.102. The SMILES string of the molecule is CCc1ccc(C(=O)Nc2cc(-c3nc4cc(Cl)cc(Cl)c4o3)ccc2C)cc1. The van der Waals surface area contributed by atoms with E-state index in [1.807, 2.05) is 49.4 Å². The number of aromatic nitrogens is 1. The highest BCUT2D eigenvalue weighted by molar-refractivity contribution is 6.38. The minimum absolute atomic E-state index is 0.166. The number of hydrogen-bond donors (Lipinski definition) is 1. The maximum atomic E-state index is 12.7. The molecule has 0 saturated heterocycles. The van der Waals surface area contributed by atoms with Crippen LogP contribution in [0.25, 0.3) is 22.6 Å². The molecule has 0 aliphatic carbocycles. The van der Waals surface area contributed by atoms with E-state index in [1.54, 1.807) is 12.1 Å². The van der Waals surface area contributed by atoms with Crippen LogP contribution >= 0.6 is 23.2 Å². The van der Waals surface area contributed by atoms with Gasteiger partial charge >= 0.3 is 0 Å². The number of carbonyl (C=O) groups excluding carboxylic acids is 1. The summed E-state index contributed by atoms with van der Waals surface area (Å²) in [6, 6.07) is 16.6. The Morgan fingerprint density at radius 1 is 1.07 bits per heavy atom. The third-order valence-corrected chi connectivity index (χ3v) is 5.27. The van der Waals surface area contributed by atoms with E-state index in [4.69, 9.17) is 27.6 Å². The predicted molar refractivity (Wildman–Crippen MR) is 118 cm³/mol. The van der Waals surface area contributed by atoms with Gasteiger partial charge in [0, 0.05) is 21.8 Å². The van der Waals surface area contributed by atoms with Gasteiger partial charge in [-0.3, -0.25) is 4.79 Å². The molecule has 1 aromatic heterocycles. The van der Waals surface area contributed by atoms with Crippen molar-refractivity contribution in [1.82, 2.24) is 4.98 Å². The Morgan fingerprint density at radius 2 is 1.83 bits per heavy atom. The fourth-order valence-corrected chi connectivity index (χ4v) is 3.58. The van der Waals surface area contributed by atoms with Crippen LogP contribution in [0.3, 0.4) is 0 Å². The van der Waals surface area contributed by atoms with E-state index in [2.05, 4.69) is 17.2 Å². The van der Waals surface area contributed by atoms with Crippen LogP contribution in [-0.2, 0) is 6.42 Å². The minimum atomic E-state index is -0.166. The third-order valence-electron chi connectivity index (χ3n) is 4.77. The molecule has 0 radical (unpaired) electrons. The molecule has 1 amide bonds. The number of halogens is 2. The lowest BCUT2D eigenvalue weighted by atomic mass is 10.1. The Morgan fingerprint density at radius 3 is 2.55 bits per heavy atom. The monoisotopic (exact) mass is 424 g/mol. The van der Waals surface area contributed by atoms with Crippen LogP contribution in [-0.4, -0.2) is 10.9 Å². The summed E-state index contributed by atoms with van der Waals surface area (Å²) in [4.78, 5) is 17.1. The summed E-state index contributed by atoms with van der Waals surface area (Å²) >= 11 is 12.2. The first-order valence-corrected chi connectivity index (χ1v) is 9.97. The van der Waals surface area contributed by atoms with Crippen molar-refractivity contribution in [2.24, 2.45) is 0 Å². The van der Waals surface area contributed by atoms with Gasteiger partial charge in [-0.2, -0.15) is 0 Å². The van der Waals surface area contributed by atoms with Crippen LogP contribution in [0.15, 0.2) is 59.0 Å². The fourth-order valence-electron chi connectivity index (χ4n) is 3.06. The number of oxazole rings is 1. The molecule has 1 heterocycles. The molecule has 0 bridgehead atoms. The first kappa shape index (κ1) is 19.5. The van der Waals surface area contributed by atoms with Crippen molar-refractivity contribution in [1.29, 1.82) is 0 Å². The van der Waals surface area contributed by atoms with Crippen molar-refractivity contribution >= 4 is 45.9 Å². The van der Waals surface area contributed by atoms with Crippen molar-refractivity contribution in [3.8, 4) is 11.5 Å². The zero-order valence-electron chi connectivity index (χ0n) is 15.9. The third kappa shape index (κ3) is 4.00. The molecule has 29 heavy (non-hydrogen) atoms. The Hall–Kier alpha value is -2.82. The molecule has 0 unspecified atom stereocenters. The second kappa shape index (κ2) is 7.90. The topological polar surface area (TPSA) is 55.1 Å². The summed E-state index contributed by atoms with van der Waals surface area (Å²) in [5, 5.41) is 3.87. The number of carbonyl (C=O) groups is 1. The van der Waals surface area contributed by atoms with E-state index < -0.39 is 0 Å². The molecule has 0 aliphatic rings. The number of benzene rings is 3. The van der Waals surface area contributed by atoms with Crippen molar-refractivity contribution in [3.63, 3.8) is 0 Å². The van der Waals surface area contributed by atoms with Gasteiger partial charge in [-0.25, -0.2) is 4.98 Å². The quantitative estimate of drug-likeness (QED) is 0.386. The molecule has 0 saturated carbocycles. The summed E-state index contributed by atoms with van der Waals surface area (Å²) in [5.74, 6) is 0.243. The van der Waals surface area contributed by atoms with Gasteiger partial charge in [-0.1, -0.05) is 48.3 Å². The second-order valence-corrected chi connectivity index (χ2v) is 7.63. The zero-order valence-corrected chi connectivity index (χ0v) is 17.4. The Bertz CT molecular complexity index is 1210. The Balaban J connectivity index is 1.65. The highest BCUT2D eigenvalue weighted by atomic mass is 35.5. The number of fused-ring (bicyclic) bond motifs is 1.